The van der Waals surface area contributed by atoms with Gasteiger partial charge in [0.05, 0.1) is 10.9 Å². The molecule has 2 heterocycles. The Kier molecular flexibility index (Phi) is 5.29. The minimum absolute atomic E-state index is 0.0719. The van der Waals surface area contributed by atoms with Crippen molar-refractivity contribution in [3.05, 3.63) is 67.9 Å². The number of carbonyl (C=O) groups is 1. The average Bonchev–Trinajstić information content (AvgIpc) is 2.97. The summed E-state index contributed by atoms with van der Waals surface area (Å²) in [4.78, 5) is 14.9. The molecule has 0 atom stereocenters. The van der Waals surface area contributed by atoms with Gasteiger partial charge in [0.25, 0.3) is 0 Å². The van der Waals surface area contributed by atoms with Crippen LogP contribution in [0.5, 0.6) is 5.75 Å². The molecule has 0 spiro atoms. The summed E-state index contributed by atoms with van der Waals surface area (Å²) in [6.45, 7) is 0.969. The van der Waals surface area contributed by atoms with Crippen LogP contribution < -0.4 is 4.74 Å². The Labute approximate surface area is 154 Å². The molecule has 1 amide bonds. The number of halogens is 2. The number of ether oxygens (including phenoxy) is 1. The summed E-state index contributed by atoms with van der Waals surface area (Å²) in [5.74, 6) is 0.729. The van der Waals surface area contributed by atoms with Crippen LogP contribution in [0.4, 0.5) is 0 Å². The highest BCUT2D eigenvalue weighted by Crippen LogP contribution is 2.29. The molecule has 1 aliphatic heterocycles. The maximum absolute atomic E-state index is 12.2. The van der Waals surface area contributed by atoms with Crippen LogP contribution in [0.2, 0.25) is 9.36 Å². The molecule has 6 heteroatoms. The van der Waals surface area contributed by atoms with Crippen molar-refractivity contribution in [2.45, 2.75) is 6.54 Å². The van der Waals surface area contributed by atoms with Crippen LogP contribution in [0, 0.1) is 0 Å². The lowest BCUT2D eigenvalue weighted by Gasteiger charge is -2.17. The topological polar surface area (TPSA) is 29.5 Å². The highest BCUT2D eigenvalue weighted by molar-refractivity contribution is 7.16. The van der Waals surface area contributed by atoms with Crippen molar-refractivity contribution in [2.24, 2.45) is 0 Å². The van der Waals surface area contributed by atoms with Crippen LogP contribution in [0.25, 0.3) is 6.08 Å². The van der Waals surface area contributed by atoms with Gasteiger partial charge < -0.3 is 9.64 Å². The number of carbonyl (C=O) groups excluding carboxylic acids is 1. The minimum Gasteiger partial charge on any atom is -0.488 e. The second-order valence-electron chi connectivity index (χ2n) is 5.42. The summed E-state index contributed by atoms with van der Waals surface area (Å²) in [6, 6.07) is 9.25. The molecule has 24 heavy (non-hydrogen) atoms. The molecule has 0 N–H and O–H groups in total. The zero-order valence-corrected chi connectivity index (χ0v) is 15.3. The van der Waals surface area contributed by atoms with Crippen molar-refractivity contribution in [1.29, 1.82) is 0 Å². The van der Waals surface area contributed by atoms with Gasteiger partial charge in [0.2, 0.25) is 5.91 Å². The third-order valence-electron chi connectivity index (χ3n) is 3.55. The Morgan fingerprint density at radius 3 is 2.92 bits per heavy atom. The number of rotatable bonds is 4. The summed E-state index contributed by atoms with van der Waals surface area (Å²) in [5.41, 5.74) is 1.84. The lowest BCUT2D eigenvalue weighted by Crippen LogP contribution is -2.23. The van der Waals surface area contributed by atoms with E-state index in [0.29, 0.717) is 18.2 Å². The summed E-state index contributed by atoms with van der Waals surface area (Å²) in [5, 5.41) is 0.657. The molecule has 3 rings (SSSR count). The van der Waals surface area contributed by atoms with Crippen LogP contribution in [-0.2, 0) is 11.3 Å². The number of amides is 1. The predicted octanol–water partition coefficient (Wildman–Crippen LogP) is 5.05. The van der Waals surface area contributed by atoms with E-state index >= 15 is 0 Å². The second-order valence-corrected chi connectivity index (χ2v) is 7.66. The first kappa shape index (κ1) is 17.1. The number of fused-ring (bicyclic) bond motifs is 1. The number of benzene rings is 1. The van der Waals surface area contributed by atoms with Crippen molar-refractivity contribution >= 4 is 46.5 Å². The average molecular weight is 380 g/mol. The normalized spacial score (nSPS) is 13.4. The van der Waals surface area contributed by atoms with Gasteiger partial charge in [-0.05, 0) is 42.0 Å². The molecule has 3 nitrogen and oxygen atoms in total. The monoisotopic (exact) mass is 379 g/mol. The van der Waals surface area contributed by atoms with Gasteiger partial charge in [-0.2, -0.15) is 0 Å². The Morgan fingerprint density at radius 1 is 1.33 bits per heavy atom. The van der Waals surface area contributed by atoms with E-state index in [4.69, 9.17) is 27.9 Å². The van der Waals surface area contributed by atoms with Crippen LogP contribution in [0.15, 0.2) is 48.1 Å². The molecule has 1 aromatic carbocycles. The van der Waals surface area contributed by atoms with Crippen LogP contribution in [0.3, 0.4) is 0 Å². The van der Waals surface area contributed by atoms with Gasteiger partial charge in [-0.15, -0.1) is 11.3 Å². The maximum atomic E-state index is 12.2. The molecule has 0 unspecified atom stereocenters. The van der Waals surface area contributed by atoms with Crippen molar-refractivity contribution in [3.63, 3.8) is 0 Å². The fraction of sp³-hybridized carbons (Fsp3) is 0.167. The van der Waals surface area contributed by atoms with Crippen molar-refractivity contribution < 1.29 is 9.53 Å². The highest BCUT2D eigenvalue weighted by Gasteiger charge is 2.11. The fourth-order valence-corrected chi connectivity index (χ4v) is 3.64. The molecular weight excluding hydrogens is 365 g/mol. The first-order chi connectivity index (χ1) is 11.5. The van der Waals surface area contributed by atoms with Gasteiger partial charge >= 0.3 is 0 Å². The van der Waals surface area contributed by atoms with Crippen LogP contribution in [0.1, 0.15) is 10.4 Å². The lowest BCUT2D eigenvalue weighted by atomic mass is 10.1. The summed E-state index contributed by atoms with van der Waals surface area (Å²) < 4.78 is 6.39. The van der Waals surface area contributed by atoms with E-state index in [1.807, 2.05) is 30.3 Å². The van der Waals surface area contributed by atoms with Gasteiger partial charge in [0.15, 0.2) is 0 Å². The zero-order chi connectivity index (χ0) is 17.1. The Hall–Kier alpha value is -1.75. The van der Waals surface area contributed by atoms with Gasteiger partial charge in [-0.25, -0.2) is 0 Å². The SMILES string of the molecule is CN(Cc1ccc(Cl)s1)C(=O)/C=C/C1=Cc2cc(Cl)ccc2OC1. The van der Waals surface area contributed by atoms with E-state index in [0.717, 1.165) is 26.1 Å². The van der Waals surface area contributed by atoms with E-state index in [1.54, 1.807) is 30.2 Å². The lowest BCUT2D eigenvalue weighted by molar-refractivity contribution is -0.125. The van der Waals surface area contributed by atoms with E-state index in [-0.39, 0.29) is 5.91 Å². The Balaban J connectivity index is 1.65. The van der Waals surface area contributed by atoms with Crippen molar-refractivity contribution in [1.82, 2.24) is 4.90 Å². The number of hydrogen-bond acceptors (Lipinski definition) is 3. The summed E-state index contributed by atoms with van der Waals surface area (Å²) in [6.07, 6.45) is 5.32. The third kappa shape index (κ3) is 4.20. The number of nitrogens with zero attached hydrogens (tertiary/aromatic N) is 1. The molecule has 0 fully saturated rings. The smallest absolute Gasteiger partial charge is 0.246 e. The molecule has 1 aliphatic rings. The summed E-state index contributed by atoms with van der Waals surface area (Å²) >= 11 is 13.4. The fourth-order valence-electron chi connectivity index (χ4n) is 2.32. The molecule has 0 radical (unpaired) electrons. The van der Waals surface area contributed by atoms with E-state index in [1.165, 1.54) is 11.3 Å². The van der Waals surface area contributed by atoms with Crippen LogP contribution in [-0.4, -0.2) is 24.5 Å². The number of thiophene rings is 1. The molecule has 0 bridgehead atoms. The second kappa shape index (κ2) is 7.43. The molecular formula is C18H15Cl2NO2S. The first-order valence-electron chi connectivity index (χ1n) is 7.31. The minimum atomic E-state index is -0.0719. The Morgan fingerprint density at radius 2 is 2.17 bits per heavy atom. The zero-order valence-electron chi connectivity index (χ0n) is 13.0. The molecule has 1 aromatic heterocycles. The van der Waals surface area contributed by atoms with Gasteiger partial charge in [-0.3, -0.25) is 4.79 Å². The highest BCUT2D eigenvalue weighted by atomic mass is 35.5. The van der Waals surface area contributed by atoms with Gasteiger partial charge in [0.1, 0.15) is 12.4 Å². The van der Waals surface area contributed by atoms with Gasteiger partial charge in [0, 0.05) is 28.6 Å². The van der Waals surface area contributed by atoms with Crippen molar-refractivity contribution in [3.8, 4) is 5.75 Å². The van der Waals surface area contributed by atoms with E-state index < -0.39 is 0 Å². The Bertz CT molecular complexity index is 826. The number of likely N-dealkylation sites (N-methyl/N-ethyl adjacent to an activating group) is 1. The van der Waals surface area contributed by atoms with Gasteiger partial charge in [-0.1, -0.05) is 29.3 Å². The van der Waals surface area contributed by atoms with E-state index in [2.05, 4.69) is 0 Å². The summed E-state index contributed by atoms with van der Waals surface area (Å²) in [7, 11) is 1.77. The van der Waals surface area contributed by atoms with Crippen molar-refractivity contribution in [2.75, 3.05) is 13.7 Å². The largest absolute Gasteiger partial charge is 0.488 e. The molecule has 0 saturated heterocycles. The molecule has 124 valence electrons. The predicted molar refractivity (Wildman–Crippen MR) is 99.9 cm³/mol. The standard InChI is InChI=1S/C18H15Cl2NO2S/c1-21(10-15-4-6-17(20)24-15)18(22)7-2-12-8-13-9-14(19)3-5-16(13)23-11-12/h2-9H,10-11H2,1H3/b7-2+. The maximum Gasteiger partial charge on any atom is 0.246 e. The van der Waals surface area contributed by atoms with E-state index in [9.17, 15) is 4.79 Å². The first-order valence-corrected chi connectivity index (χ1v) is 8.89. The third-order valence-corrected chi connectivity index (χ3v) is 5.00. The number of hydrogen-bond donors (Lipinski definition) is 0. The molecule has 2 aromatic rings. The molecule has 0 aliphatic carbocycles. The quantitative estimate of drug-likeness (QED) is 0.695. The van der Waals surface area contributed by atoms with Crippen LogP contribution >= 0.6 is 34.5 Å². The molecule has 0 saturated carbocycles.